The molecule has 2 saturated heterocycles. The van der Waals surface area contributed by atoms with Gasteiger partial charge in [-0.05, 0) is 87.3 Å². The topological polar surface area (TPSA) is 99.2 Å². The van der Waals surface area contributed by atoms with E-state index in [1.54, 1.807) is 24.3 Å². The zero-order valence-corrected chi connectivity index (χ0v) is 24.2. The monoisotopic (exact) mass is 604 g/mol. The van der Waals surface area contributed by atoms with Gasteiger partial charge in [0.05, 0.1) is 15.5 Å². The van der Waals surface area contributed by atoms with Crippen molar-refractivity contribution in [2.45, 2.75) is 41.5 Å². The second-order valence-electron chi connectivity index (χ2n) is 11.0. The molecule has 2 fully saturated rings. The Labute approximate surface area is 248 Å². The van der Waals surface area contributed by atoms with E-state index in [2.05, 4.69) is 21.8 Å². The molecule has 0 unspecified atom stereocenters. The van der Waals surface area contributed by atoms with Crippen LogP contribution >= 0.6 is 0 Å². The van der Waals surface area contributed by atoms with Gasteiger partial charge < -0.3 is 15.1 Å². The van der Waals surface area contributed by atoms with Crippen molar-refractivity contribution in [1.29, 1.82) is 0 Å². The zero-order valence-electron chi connectivity index (χ0n) is 23.4. The molecule has 0 spiro atoms. The van der Waals surface area contributed by atoms with Crippen LogP contribution in [-0.4, -0.2) is 68.1 Å². The van der Waals surface area contributed by atoms with E-state index >= 15 is 0 Å². The van der Waals surface area contributed by atoms with Crippen LogP contribution < -0.4 is 5.32 Å². The molecule has 11 heteroatoms. The van der Waals surface area contributed by atoms with Gasteiger partial charge in [0.2, 0.25) is 9.84 Å². The molecule has 1 N–H and O–H groups in total. The molecule has 0 radical (unpaired) electrons. The van der Waals surface area contributed by atoms with Gasteiger partial charge in [0.1, 0.15) is 17.5 Å². The largest absolute Gasteiger partial charge is 0.339 e. The molecule has 8 nitrogen and oxygen atoms in total. The number of benzene rings is 3. The normalized spacial score (nSPS) is 17.6. The fourth-order valence-corrected chi connectivity index (χ4v) is 7.30. The highest BCUT2D eigenvalue weighted by atomic mass is 32.2. The average Bonchev–Trinajstić information content (AvgIpc) is 3.65. The first-order valence-electron chi connectivity index (χ1n) is 14.2. The number of hydrogen-bond donors (Lipinski definition) is 1. The quantitative estimate of drug-likeness (QED) is 0.457. The van der Waals surface area contributed by atoms with E-state index in [0.717, 1.165) is 38.1 Å². The minimum atomic E-state index is -4.27. The Hall–Kier alpha value is -4.22. The molecule has 2 amide bonds. The maximum atomic E-state index is 13.7. The number of rotatable bonds is 5. The summed E-state index contributed by atoms with van der Waals surface area (Å²) in [6, 6.07) is 13.0. The molecule has 3 aliphatic rings. The number of nitrogens with one attached hydrogen (secondary N) is 1. The van der Waals surface area contributed by atoms with Gasteiger partial charge in [0, 0.05) is 47.5 Å². The highest BCUT2D eigenvalue weighted by Crippen LogP contribution is 2.31. The lowest BCUT2D eigenvalue weighted by molar-refractivity contribution is 0.0644. The third-order valence-corrected chi connectivity index (χ3v) is 10.0. The number of amidine groups is 1. The highest BCUT2D eigenvalue weighted by molar-refractivity contribution is 7.91. The Balaban J connectivity index is 1.14. The van der Waals surface area contributed by atoms with Gasteiger partial charge in [-0.25, -0.2) is 22.2 Å². The zero-order chi connectivity index (χ0) is 30.3. The third-order valence-electron chi connectivity index (χ3n) is 8.30. The first-order valence-corrected chi connectivity index (χ1v) is 15.7. The summed E-state index contributed by atoms with van der Waals surface area (Å²) in [7, 11) is -4.27. The molecule has 3 heterocycles. The number of likely N-dealkylation sites (tertiary alicyclic amines) is 2. The van der Waals surface area contributed by atoms with Crippen LogP contribution in [0.4, 0.5) is 8.78 Å². The number of sulfone groups is 1. The number of aliphatic imine (C=N–C) groups is 1. The minimum absolute atomic E-state index is 0.0656. The van der Waals surface area contributed by atoms with Crippen LogP contribution in [0.2, 0.25) is 0 Å². The van der Waals surface area contributed by atoms with Crippen molar-refractivity contribution in [3.63, 3.8) is 0 Å². The van der Waals surface area contributed by atoms with Crippen LogP contribution in [0.1, 0.15) is 57.5 Å². The summed E-state index contributed by atoms with van der Waals surface area (Å²) < 4.78 is 53.7. The Kier molecular flexibility index (Phi) is 7.70. The van der Waals surface area contributed by atoms with Crippen LogP contribution in [-0.2, 0) is 9.84 Å². The smallest absolute Gasteiger partial charge is 0.256 e. The number of amides is 2. The number of carbonyl (C=O) groups excluding carboxylic acids is 2. The fraction of sp³-hybridized carbons (Fsp3) is 0.281. The summed E-state index contributed by atoms with van der Waals surface area (Å²) in [6.07, 6.45) is 4.41. The maximum Gasteiger partial charge on any atom is 0.256 e. The lowest BCUT2D eigenvalue weighted by Crippen LogP contribution is -2.45. The Morgan fingerprint density at radius 2 is 1.44 bits per heavy atom. The molecule has 0 atom stereocenters. The van der Waals surface area contributed by atoms with Gasteiger partial charge in [-0.3, -0.25) is 9.59 Å². The maximum absolute atomic E-state index is 13.7. The molecule has 0 aromatic heterocycles. The van der Waals surface area contributed by atoms with Crippen molar-refractivity contribution in [1.82, 2.24) is 15.1 Å². The van der Waals surface area contributed by atoms with Crippen molar-refractivity contribution in [2.24, 2.45) is 4.99 Å². The Morgan fingerprint density at radius 3 is 2.09 bits per heavy atom. The number of nitrogens with zero attached hydrogens (tertiary/aromatic N) is 3. The van der Waals surface area contributed by atoms with Crippen molar-refractivity contribution in [3.8, 4) is 0 Å². The summed E-state index contributed by atoms with van der Waals surface area (Å²) in [5, 5.41) is 2.70. The van der Waals surface area contributed by atoms with Gasteiger partial charge in [0.25, 0.3) is 11.8 Å². The number of hydrogen-bond acceptors (Lipinski definition) is 6. The highest BCUT2D eigenvalue weighted by Gasteiger charge is 2.29. The number of halogens is 2. The molecule has 43 heavy (non-hydrogen) atoms. The average molecular weight is 605 g/mol. The second kappa shape index (κ2) is 11.5. The summed E-state index contributed by atoms with van der Waals surface area (Å²) in [6.45, 7) is 7.57. The molecule has 222 valence electrons. The standard InChI is InChI=1S/C32H30F2N4O4S/c1-20-28-9-8-26(43(41,42)27-17-23(33)16-24(34)18-27)19-29(28)30(35-20)36-31(39)21-4-6-22(7-5-21)32(40)38-14-10-25(11-15-38)37-12-2-3-13-37/h4-9,16-19,25H,1-3,10-15H2,(H,35,36,39). The van der Waals surface area contributed by atoms with Gasteiger partial charge in [0.15, 0.2) is 0 Å². The van der Waals surface area contributed by atoms with E-state index in [1.165, 1.54) is 31.0 Å². The lowest BCUT2D eigenvalue weighted by Gasteiger charge is -2.36. The van der Waals surface area contributed by atoms with Gasteiger partial charge in [-0.15, -0.1) is 0 Å². The van der Waals surface area contributed by atoms with Crippen LogP contribution in [0.3, 0.4) is 0 Å². The predicted molar refractivity (Wildman–Crippen MR) is 157 cm³/mol. The summed E-state index contributed by atoms with van der Waals surface area (Å²) in [4.78, 5) is 34.2. The number of carbonyl (C=O) groups is 2. The van der Waals surface area contributed by atoms with E-state index in [1.807, 2.05) is 4.90 Å². The van der Waals surface area contributed by atoms with Crippen molar-refractivity contribution < 1.29 is 26.8 Å². The van der Waals surface area contributed by atoms with E-state index in [-0.39, 0.29) is 22.2 Å². The van der Waals surface area contributed by atoms with Crippen LogP contribution in [0.25, 0.3) is 5.70 Å². The Morgan fingerprint density at radius 1 is 0.814 bits per heavy atom. The van der Waals surface area contributed by atoms with E-state index in [9.17, 15) is 26.8 Å². The molecule has 0 saturated carbocycles. The predicted octanol–water partition coefficient (Wildman–Crippen LogP) is 4.66. The molecule has 6 rings (SSSR count). The molecular formula is C32H30F2N4O4S. The van der Waals surface area contributed by atoms with E-state index in [0.29, 0.717) is 47.6 Å². The first kappa shape index (κ1) is 28.9. The number of piperidine rings is 1. The van der Waals surface area contributed by atoms with E-state index < -0.39 is 32.3 Å². The number of fused-ring (bicyclic) bond motifs is 1. The molecule has 3 aromatic carbocycles. The minimum Gasteiger partial charge on any atom is -0.339 e. The van der Waals surface area contributed by atoms with Crippen molar-refractivity contribution in [3.05, 3.63) is 101 Å². The SMILES string of the molecule is C=C1N=C(NC(=O)c2ccc(C(=O)N3CCC(N4CCCC4)CC3)cc2)c2cc(S(=O)(=O)c3cc(F)cc(F)c3)ccc21. The van der Waals surface area contributed by atoms with Gasteiger partial charge in [-0.2, -0.15) is 0 Å². The molecule has 0 aliphatic carbocycles. The molecule has 3 aliphatic heterocycles. The van der Waals surface area contributed by atoms with Crippen LogP contribution in [0.5, 0.6) is 0 Å². The molecular weight excluding hydrogens is 574 g/mol. The lowest BCUT2D eigenvalue weighted by atomic mass is 10.0. The van der Waals surface area contributed by atoms with Gasteiger partial charge >= 0.3 is 0 Å². The van der Waals surface area contributed by atoms with Crippen molar-refractivity contribution >= 4 is 33.2 Å². The molecule has 0 bridgehead atoms. The van der Waals surface area contributed by atoms with Gasteiger partial charge in [-0.1, -0.05) is 12.6 Å². The Bertz CT molecular complexity index is 1740. The third kappa shape index (κ3) is 5.74. The second-order valence-corrected chi connectivity index (χ2v) is 13.0. The van der Waals surface area contributed by atoms with E-state index in [4.69, 9.17) is 0 Å². The van der Waals surface area contributed by atoms with Crippen LogP contribution in [0.15, 0.2) is 82.0 Å². The fourth-order valence-electron chi connectivity index (χ4n) is 5.98. The summed E-state index contributed by atoms with van der Waals surface area (Å²) >= 11 is 0. The van der Waals surface area contributed by atoms with Crippen LogP contribution in [0, 0.1) is 11.6 Å². The first-order chi connectivity index (χ1) is 20.6. The summed E-state index contributed by atoms with van der Waals surface area (Å²) in [5.41, 5.74) is 1.91. The van der Waals surface area contributed by atoms with Crippen molar-refractivity contribution in [2.75, 3.05) is 26.2 Å². The molecule has 3 aromatic rings. The summed E-state index contributed by atoms with van der Waals surface area (Å²) in [5.74, 6) is -2.52.